The number of aryl methyl sites for hydroxylation is 1. The molecule has 4 rings (SSSR count). The highest BCUT2D eigenvalue weighted by Gasteiger charge is 2.25. The lowest BCUT2D eigenvalue weighted by atomic mass is 9.96. The number of carbonyl (C=O) groups is 1. The van der Waals surface area contributed by atoms with Gasteiger partial charge in [0.25, 0.3) is 5.91 Å². The number of piperidine rings is 1. The zero-order valence-corrected chi connectivity index (χ0v) is 17.5. The van der Waals surface area contributed by atoms with Crippen LogP contribution < -0.4 is 0 Å². The van der Waals surface area contributed by atoms with Crippen LogP contribution in [0, 0.1) is 12.8 Å². The first-order valence-electron chi connectivity index (χ1n) is 10.8. The number of H-pyrrole nitrogens is 1. The molecule has 1 aliphatic heterocycles. The van der Waals surface area contributed by atoms with Crippen LogP contribution in [0.2, 0.25) is 0 Å². The summed E-state index contributed by atoms with van der Waals surface area (Å²) in [5.74, 6) is 0.640. The molecule has 4 heteroatoms. The molecular weight excluding hydrogens is 358 g/mol. The van der Waals surface area contributed by atoms with Crippen molar-refractivity contribution in [2.24, 2.45) is 5.92 Å². The van der Waals surface area contributed by atoms with Gasteiger partial charge in [-0.1, -0.05) is 42.5 Å². The van der Waals surface area contributed by atoms with Gasteiger partial charge in [-0.25, -0.2) is 0 Å². The maximum atomic E-state index is 13.1. The Hall–Kier alpha value is -2.59. The molecule has 1 fully saturated rings. The summed E-state index contributed by atoms with van der Waals surface area (Å²) in [6.07, 6.45) is 2.40. The van der Waals surface area contributed by atoms with E-state index in [-0.39, 0.29) is 5.91 Å². The fraction of sp³-hybridized carbons (Fsp3) is 0.400. The highest BCUT2D eigenvalue weighted by molar-refractivity contribution is 5.98. The third-order valence-corrected chi connectivity index (χ3v) is 6.17. The molecule has 3 aromatic rings. The number of rotatable bonds is 6. The van der Waals surface area contributed by atoms with Crippen molar-refractivity contribution in [1.29, 1.82) is 0 Å². The van der Waals surface area contributed by atoms with Crippen LogP contribution in [0.4, 0.5) is 0 Å². The summed E-state index contributed by atoms with van der Waals surface area (Å²) in [4.78, 5) is 21.0. The largest absolute Gasteiger partial charge is 0.351 e. The molecule has 1 aromatic heterocycles. The lowest BCUT2D eigenvalue weighted by Gasteiger charge is -2.35. The highest BCUT2D eigenvalue weighted by Crippen LogP contribution is 2.22. The number of para-hydroxylation sites is 1. The van der Waals surface area contributed by atoms with Gasteiger partial charge in [0.15, 0.2) is 0 Å². The maximum Gasteiger partial charge on any atom is 0.270 e. The van der Waals surface area contributed by atoms with E-state index in [4.69, 9.17) is 0 Å². The van der Waals surface area contributed by atoms with Crippen molar-refractivity contribution < 1.29 is 4.79 Å². The third-order valence-electron chi connectivity index (χ3n) is 6.17. The van der Waals surface area contributed by atoms with Crippen molar-refractivity contribution in [2.45, 2.75) is 33.2 Å². The van der Waals surface area contributed by atoms with E-state index in [0.29, 0.717) is 11.6 Å². The van der Waals surface area contributed by atoms with Crippen LogP contribution in [0.15, 0.2) is 54.6 Å². The Morgan fingerprint density at radius 2 is 1.97 bits per heavy atom. The number of nitrogens with zero attached hydrogens (tertiary/aromatic N) is 2. The van der Waals surface area contributed by atoms with Crippen LogP contribution >= 0.6 is 0 Å². The average molecular weight is 390 g/mol. The van der Waals surface area contributed by atoms with Gasteiger partial charge >= 0.3 is 0 Å². The minimum Gasteiger partial charge on any atom is -0.351 e. The number of fused-ring (bicyclic) bond motifs is 1. The molecule has 0 bridgehead atoms. The van der Waals surface area contributed by atoms with Crippen LogP contribution in [0.1, 0.15) is 41.4 Å². The van der Waals surface area contributed by atoms with Gasteiger partial charge in [-0.15, -0.1) is 0 Å². The molecular formula is C25H31N3O. The van der Waals surface area contributed by atoms with Crippen molar-refractivity contribution >= 4 is 16.8 Å². The fourth-order valence-electron chi connectivity index (χ4n) is 4.50. The van der Waals surface area contributed by atoms with Gasteiger partial charge in [0.05, 0.1) is 0 Å². The second-order valence-corrected chi connectivity index (χ2v) is 8.28. The molecule has 2 heterocycles. The fourth-order valence-corrected chi connectivity index (χ4v) is 4.50. The lowest BCUT2D eigenvalue weighted by Crippen LogP contribution is -2.42. The first-order valence-corrected chi connectivity index (χ1v) is 10.8. The van der Waals surface area contributed by atoms with E-state index in [1.165, 1.54) is 24.0 Å². The van der Waals surface area contributed by atoms with Crippen molar-refractivity contribution in [3.05, 3.63) is 71.4 Å². The number of amides is 1. The normalized spacial score (nSPS) is 17.5. The van der Waals surface area contributed by atoms with Crippen molar-refractivity contribution in [3.63, 3.8) is 0 Å². The molecule has 1 amide bonds. The first kappa shape index (κ1) is 19.7. The number of likely N-dealkylation sites (tertiary alicyclic amines) is 1. The van der Waals surface area contributed by atoms with Gasteiger partial charge in [0, 0.05) is 37.1 Å². The molecule has 2 aromatic carbocycles. The molecule has 1 aliphatic rings. The quantitative estimate of drug-likeness (QED) is 0.654. The van der Waals surface area contributed by atoms with E-state index in [2.05, 4.69) is 48.0 Å². The number of carbonyl (C=O) groups excluding carboxylic acids is 1. The standard InChI is InChI=1S/C25H31N3O/c1-3-28(25(29)24-15-21-11-6-7-13-23(21)26-24)17-20-10-8-14-27(16-20)18-22-12-5-4-9-19(22)2/h4-7,9,11-13,15,20,26H,3,8,10,14,16-18H2,1-2H3. The third kappa shape index (κ3) is 4.54. The summed E-state index contributed by atoms with van der Waals surface area (Å²) in [7, 11) is 0. The summed E-state index contributed by atoms with van der Waals surface area (Å²) in [6.45, 7) is 9.05. The smallest absolute Gasteiger partial charge is 0.270 e. The highest BCUT2D eigenvalue weighted by atomic mass is 16.2. The Bertz CT molecular complexity index is 944. The first-order chi connectivity index (χ1) is 14.1. The zero-order chi connectivity index (χ0) is 20.2. The maximum absolute atomic E-state index is 13.1. The Labute approximate surface area is 173 Å². The van der Waals surface area contributed by atoms with E-state index in [0.717, 1.165) is 43.6 Å². The Balaban J connectivity index is 1.41. The Morgan fingerprint density at radius 1 is 1.17 bits per heavy atom. The van der Waals surface area contributed by atoms with Crippen LogP contribution in [0.5, 0.6) is 0 Å². The zero-order valence-electron chi connectivity index (χ0n) is 17.5. The molecule has 1 atom stereocenters. The molecule has 0 spiro atoms. The van der Waals surface area contributed by atoms with Crippen LogP contribution in [-0.4, -0.2) is 46.9 Å². The SMILES string of the molecule is CCN(CC1CCCN(Cc2ccccc2C)C1)C(=O)c1cc2ccccc2[nH]1. The summed E-state index contributed by atoms with van der Waals surface area (Å²) < 4.78 is 0. The second kappa shape index (κ2) is 8.83. The molecule has 0 aliphatic carbocycles. The number of nitrogens with one attached hydrogen (secondary N) is 1. The summed E-state index contributed by atoms with van der Waals surface area (Å²) in [5.41, 5.74) is 4.49. The van der Waals surface area contributed by atoms with E-state index >= 15 is 0 Å². The van der Waals surface area contributed by atoms with Crippen LogP contribution in [-0.2, 0) is 6.54 Å². The molecule has 0 radical (unpaired) electrons. The average Bonchev–Trinajstić information content (AvgIpc) is 3.18. The summed E-state index contributed by atoms with van der Waals surface area (Å²) >= 11 is 0. The van der Waals surface area contributed by atoms with E-state index in [1.807, 2.05) is 35.2 Å². The molecule has 4 nitrogen and oxygen atoms in total. The van der Waals surface area contributed by atoms with Crippen LogP contribution in [0.25, 0.3) is 10.9 Å². The molecule has 1 N–H and O–H groups in total. The molecule has 0 saturated carbocycles. The van der Waals surface area contributed by atoms with Gasteiger partial charge in [-0.3, -0.25) is 9.69 Å². The van der Waals surface area contributed by atoms with Crippen molar-refractivity contribution in [1.82, 2.24) is 14.8 Å². The minimum absolute atomic E-state index is 0.111. The van der Waals surface area contributed by atoms with Crippen molar-refractivity contribution in [3.8, 4) is 0 Å². The van der Waals surface area contributed by atoms with Gasteiger partial charge in [0.1, 0.15) is 5.69 Å². The number of hydrogen-bond acceptors (Lipinski definition) is 2. The molecule has 1 saturated heterocycles. The lowest BCUT2D eigenvalue weighted by molar-refractivity contribution is 0.0680. The summed E-state index contributed by atoms with van der Waals surface area (Å²) in [5, 5.41) is 1.09. The molecule has 29 heavy (non-hydrogen) atoms. The predicted molar refractivity (Wildman–Crippen MR) is 119 cm³/mol. The van der Waals surface area contributed by atoms with Gasteiger partial charge in [0.2, 0.25) is 0 Å². The van der Waals surface area contributed by atoms with Gasteiger partial charge in [-0.05, 0) is 62.4 Å². The monoisotopic (exact) mass is 389 g/mol. The minimum atomic E-state index is 0.111. The topological polar surface area (TPSA) is 39.3 Å². The van der Waals surface area contributed by atoms with E-state index in [9.17, 15) is 4.79 Å². The molecule has 1 unspecified atom stereocenters. The Kier molecular flexibility index (Phi) is 6.00. The number of benzene rings is 2. The van der Waals surface area contributed by atoms with E-state index in [1.54, 1.807) is 0 Å². The van der Waals surface area contributed by atoms with Gasteiger partial charge < -0.3 is 9.88 Å². The van der Waals surface area contributed by atoms with E-state index < -0.39 is 0 Å². The van der Waals surface area contributed by atoms with Gasteiger partial charge in [-0.2, -0.15) is 0 Å². The Morgan fingerprint density at radius 3 is 2.76 bits per heavy atom. The predicted octanol–water partition coefficient (Wildman–Crippen LogP) is 4.85. The second-order valence-electron chi connectivity index (χ2n) is 8.28. The summed E-state index contributed by atoms with van der Waals surface area (Å²) in [6, 6.07) is 18.7. The number of aromatic amines is 1. The number of hydrogen-bond donors (Lipinski definition) is 1. The van der Waals surface area contributed by atoms with Crippen LogP contribution in [0.3, 0.4) is 0 Å². The van der Waals surface area contributed by atoms with Crippen molar-refractivity contribution in [2.75, 3.05) is 26.2 Å². The number of aromatic nitrogens is 1. The molecule has 152 valence electrons.